The van der Waals surface area contributed by atoms with Crippen LogP contribution in [0.25, 0.3) is 0 Å². The second kappa shape index (κ2) is 10.3. The maximum atomic E-state index is 12.2. The van der Waals surface area contributed by atoms with Gasteiger partial charge in [0.15, 0.2) is 5.78 Å². The average molecular weight is 489 g/mol. The van der Waals surface area contributed by atoms with Crippen molar-refractivity contribution in [2.45, 2.75) is 39.8 Å². The number of carboxylic acids is 1. The van der Waals surface area contributed by atoms with E-state index in [9.17, 15) is 14.7 Å². The lowest BCUT2D eigenvalue weighted by Crippen LogP contribution is -2.32. The molecule has 2 N–H and O–H groups in total. The summed E-state index contributed by atoms with van der Waals surface area (Å²) in [5, 5.41) is 14.0. The highest BCUT2D eigenvalue weighted by atomic mass is 35.5. The summed E-state index contributed by atoms with van der Waals surface area (Å²) in [5.74, 6) is -0.495. The van der Waals surface area contributed by atoms with E-state index in [4.69, 9.17) is 27.9 Å². The van der Waals surface area contributed by atoms with Gasteiger partial charge in [-0.1, -0.05) is 41.4 Å². The van der Waals surface area contributed by atoms with Crippen LogP contribution in [0.15, 0.2) is 42.5 Å². The first-order valence-electron chi connectivity index (χ1n) is 10.4. The number of Topliss-reactive ketones (excluding diaryl/α,β-unsaturated/α-hetero) is 1. The zero-order valence-corrected chi connectivity index (χ0v) is 20.4. The molecular weight excluding hydrogens is 463 g/mol. The summed E-state index contributed by atoms with van der Waals surface area (Å²) in [5.41, 5.74) is 4.20. The first kappa shape index (κ1) is 24.7. The average Bonchev–Trinajstić information content (AvgIpc) is 2.97. The van der Waals surface area contributed by atoms with Gasteiger partial charge in [0.1, 0.15) is 18.4 Å². The van der Waals surface area contributed by atoms with Crippen molar-refractivity contribution < 1.29 is 19.4 Å². The van der Waals surface area contributed by atoms with E-state index in [1.165, 1.54) is 6.92 Å². The molecular formula is C25H26Cl2N2O4. The maximum Gasteiger partial charge on any atom is 0.326 e. The highest BCUT2D eigenvalue weighted by Crippen LogP contribution is 2.29. The monoisotopic (exact) mass is 488 g/mol. The molecule has 1 heterocycles. The van der Waals surface area contributed by atoms with Crippen LogP contribution in [0.3, 0.4) is 0 Å². The first-order valence-corrected chi connectivity index (χ1v) is 11.2. The summed E-state index contributed by atoms with van der Waals surface area (Å²) < 4.78 is 7.67. The standard InChI is InChI=1S/C25H26Cl2N2O4/c1-14-23(16(3)30)24(15(2)29(14)4)28-22(25(31)32)12-17-8-10-18(11-9-17)33-13-19-20(26)6-5-7-21(19)27/h5-11,22,28H,12-13H2,1-4H3,(H,31,32). The van der Waals surface area contributed by atoms with Crippen molar-refractivity contribution in [1.82, 2.24) is 4.57 Å². The molecule has 8 heteroatoms. The summed E-state index contributed by atoms with van der Waals surface area (Å²) in [6.45, 7) is 5.41. The van der Waals surface area contributed by atoms with Crippen LogP contribution in [0.4, 0.5) is 5.69 Å². The minimum absolute atomic E-state index is 0.108. The lowest BCUT2D eigenvalue weighted by Gasteiger charge is -2.17. The largest absolute Gasteiger partial charge is 0.489 e. The van der Waals surface area contributed by atoms with Crippen molar-refractivity contribution in [2.24, 2.45) is 7.05 Å². The van der Waals surface area contributed by atoms with Gasteiger partial charge in [-0.3, -0.25) is 4.79 Å². The van der Waals surface area contributed by atoms with Crippen molar-refractivity contribution in [3.8, 4) is 5.75 Å². The molecule has 0 aliphatic rings. The molecule has 0 aliphatic carbocycles. The number of aromatic nitrogens is 1. The van der Waals surface area contributed by atoms with Gasteiger partial charge in [0.2, 0.25) is 0 Å². The topological polar surface area (TPSA) is 80.6 Å². The third-order valence-corrected chi connectivity index (χ3v) is 6.46. The van der Waals surface area contributed by atoms with Crippen molar-refractivity contribution in [2.75, 3.05) is 5.32 Å². The molecule has 174 valence electrons. The van der Waals surface area contributed by atoms with Gasteiger partial charge in [-0.15, -0.1) is 0 Å². The maximum absolute atomic E-state index is 12.2. The van der Waals surface area contributed by atoms with Crippen LogP contribution in [0.5, 0.6) is 5.75 Å². The number of nitrogens with one attached hydrogen (secondary N) is 1. The Morgan fingerprint density at radius 1 is 1.06 bits per heavy atom. The van der Waals surface area contributed by atoms with E-state index in [0.717, 1.165) is 17.0 Å². The van der Waals surface area contributed by atoms with Crippen LogP contribution in [-0.4, -0.2) is 27.5 Å². The zero-order valence-electron chi connectivity index (χ0n) is 18.9. The molecule has 0 fully saturated rings. The van der Waals surface area contributed by atoms with Crippen LogP contribution in [0, 0.1) is 13.8 Å². The number of hydrogen-bond acceptors (Lipinski definition) is 4. The van der Waals surface area contributed by atoms with E-state index in [2.05, 4.69) is 5.32 Å². The number of benzene rings is 2. The molecule has 0 radical (unpaired) electrons. The normalized spacial score (nSPS) is 11.8. The second-order valence-electron chi connectivity index (χ2n) is 7.91. The summed E-state index contributed by atoms with van der Waals surface area (Å²) in [7, 11) is 1.85. The molecule has 3 aromatic rings. The molecule has 1 atom stereocenters. The van der Waals surface area contributed by atoms with Gasteiger partial charge in [-0.2, -0.15) is 0 Å². The fourth-order valence-electron chi connectivity index (χ4n) is 3.71. The number of hydrogen-bond donors (Lipinski definition) is 2. The SMILES string of the molecule is CC(=O)c1c(NC(Cc2ccc(OCc3c(Cl)cccc3Cl)cc2)C(=O)O)c(C)n(C)c1C. The fourth-order valence-corrected chi connectivity index (χ4v) is 4.22. The molecule has 0 bridgehead atoms. The predicted octanol–water partition coefficient (Wildman–Crippen LogP) is 5.84. The Bertz CT molecular complexity index is 1170. The van der Waals surface area contributed by atoms with E-state index in [1.54, 1.807) is 30.3 Å². The van der Waals surface area contributed by atoms with Crippen LogP contribution < -0.4 is 10.1 Å². The van der Waals surface area contributed by atoms with Gasteiger partial charge in [-0.05, 0) is 50.6 Å². The van der Waals surface area contributed by atoms with E-state index in [-0.39, 0.29) is 18.8 Å². The van der Waals surface area contributed by atoms with Crippen molar-refractivity contribution >= 4 is 40.6 Å². The number of ketones is 1. The molecule has 33 heavy (non-hydrogen) atoms. The number of carbonyl (C=O) groups is 2. The zero-order chi connectivity index (χ0) is 24.3. The minimum atomic E-state index is -1.00. The van der Waals surface area contributed by atoms with Crippen LogP contribution in [0.1, 0.15) is 39.8 Å². The fraction of sp³-hybridized carbons (Fsp3) is 0.280. The van der Waals surface area contributed by atoms with Gasteiger partial charge >= 0.3 is 5.97 Å². The van der Waals surface area contributed by atoms with Crippen LogP contribution in [0.2, 0.25) is 10.0 Å². The molecule has 0 saturated carbocycles. The van der Waals surface area contributed by atoms with Gasteiger partial charge < -0.3 is 19.7 Å². The number of anilines is 1. The lowest BCUT2D eigenvalue weighted by atomic mass is 10.0. The summed E-state index contributed by atoms with van der Waals surface area (Å²) in [4.78, 5) is 24.2. The number of carbonyl (C=O) groups excluding carboxylic acids is 1. The van der Waals surface area contributed by atoms with Gasteiger partial charge in [0.05, 0.1) is 11.3 Å². The molecule has 2 aromatic carbocycles. The van der Waals surface area contributed by atoms with Gasteiger partial charge in [0.25, 0.3) is 0 Å². The highest BCUT2D eigenvalue weighted by Gasteiger charge is 2.25. The number of carboxylic acid groups (broad SMARTS) is 1. The smallest absolute Gasteiger partial charge is 0.326 e. The van der Waals surface area contributed by atoms with E-state index in [0.29, 0.717) is 32.6 Å². The number of ether oxygens (including phenoxy) is 1. The van der Waals surface area contributed by atoms with Gasteiger partial charge in [0, 0.05) is 40.5 Å². The molecule has 0 saturated heterocycles. The van der Waals surface area contributed by atoms with Crippen molar-refractivity contribution in [3.63, 3.8) is 0 Å². The van der Waals surface area contributed by atoms with Crippen LogP contribution in [-0.2, 0) is 24.9 Å². The quantitative estimate of drug-likeness (QED) is 0.369. The Labute approximate surface area is 203 Å². The molecule has 1 unspecified atom stereocenters. The molecule has 3 rings (SSSR count). The Morgan fingerprint density at radius 3 is 2.21 bits per heavy atom. The number of rotatable bonds is 9. The van der Waals surface area contributed by atoms with Crippen molar-refractivity contribution in [3.05, 3.63) is 80.6 Å². The number of nitrogens with zero attached hydrogens (tertiary/aromatic N) is 1. The van der Waals surface area contributed by atoms with E-state index < -0.39 is 12.0 Å². The summed E-state index contributed by atoms with van der Waals surface area (Å²) in [6.07, 6.45) is 0.233. The molecule has 0 amide bonds. The summed E-state index contributed by atoms with van der Waals surface area (Å²) in [6, 6.07) is 11.6. The van der Waals surface area contributed by atoms with E-state index >= 15 is 0 Å². The molecule has 1 aromatic heterocycles. The Kier molecular flexibility index (Phi) is 7.72. The number of halogens is 2. The number of aliphatic carboxylic acids is 1. The lowest BCUT2D eigenvalue weighted by molar-refractivity contribution is -0.137. The second-order valence-corrected chi connectivity index (χ2v) is 8.72. The van der Waals surface area contributed by atoms with Gasteiger partial charge in [-0.25, -0.2) is 4.79 Å². The Balaban J connectivity index is 1.73. The van der Waals surface area contributed by atoms with Crippen LogP contribution >= 0.6 is 23.2 Å². The molecule has 0 spiro atoms. The molecule has 0 aliphatic heterocycles. The highest BCUT2D eigenvalue weighted by molar-refractivity contribution is 6.35. The minimum Gasteiger partial charge on any atom is -0.489 e. The van der Waals surface area contributed by atoms with E-state index in [1.807, 2.05) is 37.6 Å². The van der Waals surface area contributed by atoms with Crippen molar-refractivity contribution in [1.29, 1.82) is 0 Å². The Hall–Kier alpha value is -2.96. The Morgan fingerprint density at radius 2 is 1.67 bits per heavy atom. The third-order valence-electron chi connectivity index (χ3n) is 5.76. The molecule has 6 nitrogen and oxygen atoms in total. The predicted molar refractivity (Wildman–Crippen MR) is 131 cm³/mol. The summed E-state index contributed by atoms with van der Waals surface area (Å²) >= 11 is 12.4. The third kappa shape index (κ3) is 5.52. The first-order chi connectivity index (χ1) is 15.6.